The standard InChI is InChI=1S/C15H19ClN2O/c16-12-7-13-9-17-10-18(13)14(8-12)15(19)6-11-4-2-1-3-5-11/h7-11,15,19H,1-6H2/t15-/m0/s1. The SMILES string of the molecule is O[C@@H](CC1CCCCC1)c1cc(Cl)cc2cncn12. The second kappa shape index (κ2) is 5.51. The molecule has 0 aliphatic heterocycles. The number of nitrogens with zero attached hydrogens (tertiary/aromatic N) is 2. The van der Waals surface area contributed by atoms with Crippen LogP contribution in [-0.4, -0.2) is 14.5 Å². The molecule has 4 heteroatoms. The van der Waals surface area contributed by atoms with Crippen molar-refractivity contribution in [2.24, 2.45) is 5.92 Å². The number of hydrogen-bond donors (Lipinski definition) is 1. The first-order valence-electron chi connectivity index (χ1n) is 7.03. The summed E-state index contributed by atoms with van der Waals surface area (Å²) >= 11 is 6.12. The van der Waals surface area contributed by atoms with Crippen LogP contribution in [0.25, 0.3) is 5.52 Å². The smallest absolute Gasteiger partial charge is 0.0995 e. The maximum absolute atomic E-state index is 10.5. The van der Waals surface area contributed by atoms with E-state index in [1.54, 1.807) is 12.5 Å². The third-order valence-electron chi connectivity index (χ3n) is 4.14. The quantitative estimate of drug-likeness (QED) is 0.922. The molecule has 2 aromatic heterocycles. The van der Waals surface area contributed by atoms with E-state index in [-0.39, 0.29) is 0 Å². The molecule has 102 valence electrons. The van der Waals surface area contributed by atoms with Crippen molar-refractivity contribution in [1.29, 1.82) is 0 Å². The van der Waals surface area contributed by atoms with E-state index in [1.165, 1.54) is 32.1 Å². The molecular formula is C15H19ClN2O. The average molecular weight is 279 g/mol. The van der Waals surface area contributed by atoms with Crippen molar-refractivity contribution in [3.8, 4) is 0 Å². The number of aromatic nitrogens is 2. The summed E-state index contributed by atoms with van der Waals surface area (Å²) in [6.07, 6.45) is 10.3. The summed E-state index contributed by atoms with van der Waals surface area (Å²) in [5.74, 6) is 0.640. The van der Waals surface area contributed by atoms with Crippen molar-refractivity contribution >= 4 is 17.1 Å². The van der Waals surface area contributed by atoms with Crippen LogP contribution in [0.15, 0.2) is 24.7 Å². The van der Waals surface area contributed by atoms with Crippen molar-refractivity contribution in [1.82, 2.24) is 9.38 Å². The van der Waals surface area contributed by atoms with Gasteiger partial charge in [-0.2, -0.15) is 0 Å². The van der Waals surface area contributed by atoms with Gasteiger partial charge in [-0.25, -0.2) is 4.98 Å². The van der Waals surface area contributed by atoms with Crippen LogP contribution in [-0.2, 0) is 0 Å². The molecule has 0 amide bonds. The van der Waals surface area contributed by atoms with Gasteiger partial charge in [0.25, 0.3) is 0 Å². The molecule has 3 nitrogen and oxygen atoms in total. The largest absolute Gasteiger partial charge is 0.387 e. The first kappa shape index (κ1) is 12.9. The van der Waals surface area contributed by atoms with Crippen molar-refractivity contribution in [2.45, 2.75) is 44.6 Å². The van der Waals surface area contributed by atoms with Gasteiger partial charge in [0.1, 0.15) is 0 Å². The molecule has 0 aromatic carbocycles. The second-order valence-corrected chi connectivity index (χ2v) is 5.98. The molecule has 0 unspecified atom stereocenters. The Morgan fingerprint density at radius 3 is 2.89 bits per heavy atom. The van der Waals surface area contributed by atoms with Crippen molar-refractivity contribution in [3.05, 3.63) is 35.4 Å². The van der Waals surface area contributed by atoms with Gasteiger partial charge in [0.2, 0.25) is 0 Å². The maximum atomic E-state index is 10.5. The normalized spacial score (nSPS) is 18.8. The van der Waals surface area contributed by atoms with Crippen LogP contribution in [0.2, 0.25) is 5.02 Å². The Kier molecular flexibility index (Phi) is 3.76. The highest BCUT2D eigenvalue weighted by Crippen LogP contribution is 2.32. The lowest BCUT2D eigenvalue weighted by Gasteiger charge is -2.24. The van der Waals surface area contributed by atoms with E-state index < -0.39 is 6.10 Å². The van der Waals surface area contributed by atoms with Crippen LogP contribution in [0.3, 0.4) is 0 Å². The molecular weight excluding hydrogens is 260 g/mol. The van der Waals surface area contributed by atoms with Crippen LogP contribution < -0.4 is 0 Å². The first-order chi connectivity index (χ1) is 9.24. The average Bonchev–Trinajstić information content (AvgIpc) is 2.86. The second-order valence-electron chi connectivity index (χ2n) is 5.54. The number of hydrogen-bond acceptors (Lipinski definition) is 2. The zero-order valence-electron chi connectivity index (χ0n) is 10.9. The molecule has 1 aliphatic carbocycles. The number of aliphatic hydroxyl groups excluding tert-OH is 1. The monoisotopic (exact) mass is 278 g/mol. The van der Waals surface area contributed by atoms with Crippen molar-refractivity contribution < 1.29 is 5.11 Å². The van der Waals surface area contributed by atoms with E-state index in [9.17, 15) is 5.11 Å². The zero-order chi connectivity index (χ0) is 13.2. The fraction of sp³-hybridized carbons (Fsp3) is 0.533. The number of pyridine rings is 1. The lowest BCUT2D eigenvalue weighted by Crippen LogP contribution is -2.13. The van der Waals surface area contributed by atoms with E-state index in [4.69, 9.17) is 11.6 Å². The minimum absolute atomic E-state index is 0.460. The molecule has 1 aliphatic rings. The van der Waals surface area contributed by atoms with Crippen LogP contribution in [0.4, 0.5) is 0 Å². The van der Waals surface area contributed by atoms with E-state index in [2.05, 4.69) is 4.98 Å². The van der Waals surface area contributed by atoms with Gasteiger partial charge in [-0.1, -0.05) is 43.7 Å². The number of aliphatic hydroxyl groups is 1. The van der Waals surface area contributed by atoms with Gasteiger partial charge in [-0.3, -0.25) is 0 Å². The molecule has 1 atom stereocenters. The van der Waals surface area contributed by atoms with Crippen LogP contribution in [0.1, 0.15) is 50.3 Å². The Hall–Kier alpha value is -1.06. The lowest BCUT2D eigenvalue weighted by atomic mass is 9.85. The molecule has 3 rings (SSSR count). The molecule has 1 fully saturated rings. The predicted molar refractivity (Wildman–Crippen MR) is 76.4 cm³/mol. The molecule has 2 heterocycles. The third-order valence-corrected chi connectivity index (χ3v) is 4.36. The fourth-order valence-corrected chi connectivity index (χ4v) is 3.36. The Balaban J connectivity index is 1.83. The van der Waals surface area contributed by atoms with Gasteiger partial charge in [-0.15, -0.1) is 0 Å². The molecule has 19 heavy (non-hydrogen) atoms. The van der Waals surface area contributed by atoms with E-state index in [0.717, 1.165) is 17.6 Å². The van der Waals surface area contributed by atoms with Crippen molar-refractivity contribution in [3.63, 3.8) is 0 Å². The fourth-order valence-electron chi connectivity index (χ4n) is 3.14. The summed E-state index contributed by atoms with van der Waals surface area (Å²) < 4.78 is 1.93. The molecule has 1 N–H and O–H groups in total. The number of halogens is 1. The van der Waals surface area contributed by atoms with E-state index >= 15 is 0 Å². The Labute approximate surface area is 118 Å². The summed E-state index contributed by atoms with van der Waals surface area (Å²) in [5.41, 5.74) is 1.79. The van der Waals surface area contributed by atoms with E-state index in [0.29, 0.717) is 10.9 Å². The molecule has 2 aromatic rings. The van der Waals surface area contributed by atoms with Crippen molar-refractivity contribution in [2.75, 3.05) is 0 Å². The van der Waals surface area contributed by atoms with Crippen LogP contribution >= 0.6 is 11.6 Å². The van der Waals surface area contributed by atoms with Gasteiger partial charge < -0.3 is 9.51 Å². The lowest BCUT2D eigenvalue weighted by molar-refractivity contribution is 0.126. The van der Waals surface area contributed by atoms with Crippen LogP contribution in [0, 0.1) is 5.92 Å². The molecule has 0 bridgehead atoms. The minimum Gasteiger partial charge on any atom is -0.387 e. The predicted octanol–water partition coefficient (Wildman–Crippen LogP) is 3.99. The van der Waals surface area contributed by atoms with Gasteiger partial charge >= 0.3 is 0 Å². The first-order valence-corrected chi connectivity index (χ1v) is 7.41. The Morgan fingerprint density at radius 1 is 1.32 bits per heavy atom. The highest BCUT2D eigenvalue weighted by Gasteiger charge is 2.20. The number of imidazole rings is 1. The molecule has 0 saturated heterocycles. The minimum atomic E-state index is -0.460. The Morgan fingerprint density at radius 2 is 2.11 bits per heavy atom. The Bertz CT molecular complexity index is 560. The summed E-state index contributed by atoms with van der Waals surface area (Å²) in [5, 5.41) is 11.2. The van der Waals surface area contributed by atoms with Gasteiger partial charge in [-0.05, 0) is 24.5 Å². The van der Waals surface area contributed by atoms with Gasteiger partial charge in [0, 0.05) is 5.02 Å². The van der Waals surface area contributed by atoms with Gasteiger partial charge in [0.05, 0.1) is 29.8 Å². The highest BCUT2D eigenvalue weighted by atomic mass is 35.5. The summed E-state index contributed by atoms with van der Waals surface area (Å²) in [4.78, 5) is 4.13. The highest BCUT2D eigenvalue weighted by molar-refractivity contribution is 6.31. The van der Waals surface area contributed by atoms with Crippen LogP contribution in [0.5, 0.6) is 0 Å². The molecule has 1 saturated carbocycles. The third kappa shape index (κ3) is 2.77. The summed E-state index contributed by atoms with van der Waals surface area (Å²) in [7, 11) is 0. The molecule has 0 radical (unpaired) electrons. The maximum Gasteiger partial charge on any atom is 0.0995 e. The zero-order valence-corrected chi connectivity index (χ0v) is 11.7. The summed E-state index contributed by atoms with van der Waals surface area (Å²) in [6, 6.07) is 3.72. The van der Waals surface area contributed by atoms with E-state index in [1.807, 2.05) is 16.5 Å². The summed E-state index contributed by atoms with van der Waals surface area (Å²) in [6.45, 7) is 0. The van der Waals surface area contributed by atoms with Gasteiger partial charge in [0.15, 0.2) is 0 Å². The molecule has 0 spiro atoms. The number of rotatable bonds is 3. The topological polar surface area (TPSA) is 37.5 Å². The number of fused-ring (bicyclic) bond motifs is 1.